The maximum atomic E-state index is 12.8. The summed E-state index contributed by atoms with van der Waals surface area (Å²) in [7, 11) is 0. The summed E-state index contributed by atoms with van der Waals surface area (Å²) in [6, 6.07) is 14.7. The van der Waals surface area contributed by atoms with Crippen LogP contribution in [-0.2, 0) is 20.7 Å². The summed E-state index contributed by atoms with van der Waals surface area (Å²) in [5, 5.41) is 0. The van der Waals surface area contributed by atoms with Crippen molar-refractivity contribution in [2.24, 2.45) is 0 Å². The summed E-state index contributed by atoms with van der Waals surface area (Å²) >= 11 is 0. The first-order valence-corrected chi connectivity index (χ1v) is 10.0. The van der Waals surface area contributed by atoms with E-state index in [1.54, 1.807) is 34.1 Å². The van der Waals surface area contributed by atoms with Gasteiger partial charge in [0.1, 0.15) is 0 Å². The molecule has 2 aliphatic rings. The van der Waals surface area contributed by atoms with Crippen molar-refractivity contribution in [3.05, 3.63) is 59.7 Å². The van der Waals surface area contributed by atoms with Gasteiger partial charge in [0.25, 0.3) is 5.91 Å². The summed E-state index contributed by atoms with van der Waals surface area (Å²) < 4.78 is 5.32. The molecule has 2 aliphatic heterocycles. The molecule has 0 aromatic heterocycles. The summed E-state index contributed by atoms with van der Waals surface area (Å²) in [6.45, 7) is 2.35. The zero-order valence-electron chi connectivity index (χ0n) is 16.5. The lowest BCUT2D eigenvalue weighted by molar-refractivity contribution is -0.122. The first kappa shape index (κ1) is 19.2. The van der Waals surface area contributed by atoms with Crippen molar-refractivity contribution in [1.82, 2.24) is 0 Å². The molecule has 0 N–H and O–H groups in total. The van der Waals surface area contributed by atoms with Crippen molar-refractivity contribution in [3.63, 3.8) is 0 Å². The highest BCUT2D eigenvalue weighted by Crippen LogP contribution is 2.30. The molecular formula is C23H24N2O4. The van der Waals surface area contributed by atoms with Crippen LogP contribution in [0.25, 0.3) is 0 Å². The van der Waals surface area contributed by atoms with E-state index in [1.807, 2.05) is 31.2 Å². The number of amides is 2. The highest BCUT2D eigenvalue weighted by molar-refractivity contribution is 6.00. The molecule has 2 aromatic carbocycles. The molecular weight excluding hydrogens is 368 g/mol. The first-order valence-electron chi connectivity index (χ1n) is 10.0. The third-order valence-electron chi connectivity index (χ3n) is 5.59. The SMILES string of the molecule is CC1CCc2ccccc2N1C(=O)COC(=O)c1cccc(N2CCCC2=O)c1. The van der Waals surface area contributed by atoms with Gasteiger partial charge < -0.3 is 14.5 Å². The predicted octanol–water partition coefficient (Wildman–Crippen LogP) is 3.34. The molecule has 0 spiro atoms. The van der Waals surface area contributed by atoms with E-state index in [2.05, 4.69) is 0 Å². The zero-order chi connectivity index (χ0) is 20.4. The normalized spacial score (nSPS) is 18.5. The number of aryl methyl sites for hydroxylation is 1. The number of rotatable bonds is 4. The van der Waals surface area contributed by atoms with E-state index in [9.17, 15) is 14.4 Å². The number of ether oxygens (including phenoxy) is 1. The fraction of sp³-hybridized carbons (Fsp3) is 0.348. The Labute approximate surface area is 170 Å². The van der Waals surface area contributed by atoms with E-state index < -0.39 is 5.97 Å². The molecule has 4 rings (SSSR count). The number of hydrogen-bond acceptors (Lipinski definition) is 4. The van der Waals surface area contributed by atoms with Gasteiger partial charge in [0, 0.05) is 30.4 Å². The number of para-hydroxylation sites is 1. The lowest BCUT2D eigenvalue weighted by Gasteiger charge is -2.35. The number of fused-ring (bicyclic) bond motifs is 1. The van der Waals surface area contributed by atoms with Gasteiger partial charge in [0.2, 0.25) is 5.91 Å². The van der Waals surface area contributed by atoms with Crippen molar-refractivity contribution in [1.29, 1.82) is 0 Å². The van der Waals surface area contributed by atoms with E-state index in [0.29, 0.717) is 24.2 Å². The van der Waals surface area contributed by atoms with Crippen LogP contribution in [0.15, 0.2) is 48.5 Å². The van der Waals surface area contributed by atoms with Crippen LogP contribution in [0.4, 0.5) is 11.4 Å². The molecule has 1 fully saturated rings. The van der Waals surface area contributed by atoms with Gasteiger partial charge in [-0.2, -0.15) is 0 Å². The minimum Gasteiger partial charge on any atom is -0.452 e. The number of anilines is 2. The maximum absolute atomic E-state index is 12.8. The topological polar surface area (TPSA) is 66.9 Å². The minimum atomic E-state index is -0.565. The van der Waals surface area contributed by atoms with Crippen molar-refractivity contribution in [2.45, 2.75) is 38.6 Å². The molecule has 29 heavy (non-hydrogen) atoms. The Balaban J connectivity index is 1.44. The van der Waals surface area contributed by atoms with Crippen molar-refractivity contribution >= 4 is 29.2 Å². The van der Waals surface area contributed by atoms with Gasteiger partial charge in [0.05, 0.1) is 5.56 Å². The van der Waals surface area contributed by atoms with Crippen LogP contribution in [0.2, 0.25) is 0 Å². The molecule has 2 heterocycles. The second-order valence-corrected chi connectivity index (χ2v) is 7.56. The largest absolute Gasteiger partial charge is 0.452 e. The van der Waals surface area contributed by atoms with Crippen molar-refractivity contribution < 1.29 is 19.1 Å². The van der Waals surface area contributed by atoms with Crippen molar-refractivity contribution in [3.8, 4) is 0 Å². The van der Waals surface area contributed by atoms with E-state index >= 15 is 0 Å². The molecule has 0 saturated carbocycles. The average molecular weight is 392 g/mol. The molecule has 1 saturated heterocycles. The van der Waals surface area contributed by atoms with Gasteiger partial charge in [-0.25, -0.2) is 4.79 Å². The van der Waals surface area contributed by atoms with E-state index in [-0.39, 0.29) is 24.5 Å². The molecule has 0 aliphatic carbocycles. The number of esters is 1. The molecule has 0 bridgehead atoms. The van der Waals surface area contributed by atoms with Crippen LogP contribution in [0.1, 0.15) is 42.1 Å². The van der Waals surface area contributed by atoms with Gasteiger partial charge in [-0.15, -0.1) is 0 Å². The van der Waals surface area contributed by atoms with Crippen LogP contribution in [0.3, 0.4) is 0 Å². The quantitative estimate of drug-likeness (QED) is 0.749. The molecule has 6 heteroatoms. The fourth-order valence-electron chi connectivity index (χ4n) is 4.07. The van der Waals surface area contributed by atoms with Gasteiger partial charge in [-0.3, -0.25) is 9.59 Å². The predicted molar refractivity (Wildman–Crippen MR) is 110 cm³/mol. The van der Waals surface area contributed by atoms with Gasteiger partial charge >= 0.3 is 5.97 Å². The van der Waals surface area contributed by atoms with E-state index in [4.69, 9.17) is 4.74 Å². The fourth-order valence-corrected chi connectivity index (χ4v) is 4.07. The molecule has 2 amide bonds. The Bertz CT molecular complexity index is 955. The third-order valence-corrected chi connectivity index (χ3v) is 5.59. The summed E-state index contributed by atoms with van der Waals surface area (Å²) in [4.78, 5) is 40.7. The Hall–Kier alpha value is -3.15. The monoisotopic (exact) mass is 392 g/mol. The van der Waals surface area contributed by atoms with Crippen LogP contribution < -0.4 is 9.80 Å². The van der Waals surface area contributed by atoms with E-state index in [0.717, 1.165) is 30.5 Å². The summed E-state index contributed by atoms with van der Waals surface area (Å²) in [5.41, 5.74) is 3.05. The summed E-state index contributed by atoms with van der Waals surface area (Å²) in [5.74, 6) is -0.739. The molecule has 1 atom stereocenters. The average Bonchev–Trinajstić information content (AvgIpc) is 3.17. The first-order chi connectivity index (χ1) is 14.0. The Morgan fingerprint density at radius 1 is 1.10 bits per heavy atom. The highest BCUT2D eigenvalue weighted by Gasteiger charge is 2.29. The third kappa shape index (κ3) is 3.88. The number of carbonyl (C=O) groups excluding carboxylic acids is 3. The number of nitrogens with zero attached hydrogens (tertiary/aromatic N) is 2. The lowest BCUT2D eigenvalue weighted by Crippen LogP contribution is -2.44. The van der Waals surface area contributed by atoms with E-state index in [1.165, 1.54) is 0 Å². The highest BCUT2D eigenvalue weighted by atomic mass is 16.5. The van der Waals surface area contributed by atoms with Crippen LogP contribution in [0, 0.1) is 0 Å². The van der Waals surface area contributed by atoms with Crippen LogP contribution in [0.5, 0.6) is 0 Å². The molecule has 2 aromatic rings. The number of benzene rings is 2. The molecule has 1 unspecified atom stereocenters. The van der Waals surface area contributed by atoms with Gasteiger partial charge in [-0.05, 0) is 56.0 Å². The molecule has 150 valence electrons. The Kier molecular flexibility index (Phi) is 5.34. The second-order valence-electron chi connectivity index (χ2n) is 7.56. The smallest absolute Gasteiger partial charge is 0.338 e. The standard InChI is InChI=1S/C23H24N2O4/c1-16-11-12-17-6-2-3-9-20(17)25(16)22(27)15-29-23(28)18-7-4-8-19(14-18)24-13-5-10-21(24)26/h2-4,6-9,14,16H,5,10-13,15H2,1H3. The molecule has 0 radical (unpaired) electrons. The summed E-state index contributed by atoms with van der Waals surface area (Å²) in [6.07, 6.45) is 3.15. The Morgan fingerprint density at radius 3 is 2.72 bits per heavy atom. The number of carbonyl (C=O) groups is 3. The lowest BCUT2D eigenvalue weighted by atomic mass is 9.96. The van der Waals surface area contributed by atoms with Crippen LogP contribution >= 0.6 is 0 Å². The van der Waals surface area contributed by atoms with Crippen molar-refractivity contribution in [2.75, 3.05) is 23.0 Å². The maximum Gasteiger partial charge on any atom is 0.338 e. The molecule has 6 nitrogen and oxygen atoms in total. The second kappa shape index (κ2) is 8.07. The van der Waals surface area contributed by atoms with Crippen LogP contribution in [-0.4, -0.2) is 37.0 Å². The minimum absolute atomic E-state index is 0.0561. The number of hydrogen-bond donors (Lipinski definition) is 0. The Morgan fingerprint density at radius 2 is 1.93 bits per heavy atom. The van der Waals surface area contributed by atoms with Gasteiger partial charge in [0.15, 0.2) is 6.61 Å². The van der Waals surface area contributed by atoms with Gasteiger partial charge in [-0.1, -0.05) is 24.3 Å². The zero-order valence-corrected chi connectivity index (χ0v) is 16.5.